The lowest BCUT2D eigenvalue weighted by Gasteiger charge is -2.04. The Labute approximate surface area is 107 Å². The zero-order chi connectivity index (χ0) is 12.5. The Morgan fingerprint density at radius 2 is 1.67 bits per heavy atom. The molecule has 0 amide bonds. The summed E-state index contributed by atoms with van der Waals surface area (Å²) in [5.74, 6) is 0. The highest BCUT2D eigenvalue weighted by molar-refractivity contribution is 5.97. The molecule has 0 unspecified atom stereocenters. The quantitative estimate of drug-likeness (QED) is 0.614. The standard InChI is InChI=1S/C17H15N/c1-3-13-8-4-5-9-14(13)16-12-18(2)17-11-7-6-10-15(16)17/h3-12H,1H2,2H3. The summed E-state index contributed by atoms with van der Waals surface area (Å²) in [6.45, 7) is 3.90. The molecule has 0 saturated heterocycles. The third kappa shape index (κ3) is 1.56. The summed E-state index contributed by atoms with van der Waals surface area (Å²) < 4.78 is 2.17. The van der Waals surface area contributed by atoms with Gasteiger partial charge in [0.15, 0.2) is 0 Å². The van der Waals surface area contributed by atoms with Crippen LogP contribution in [0.25, 0.3) is 28.1 Å². The van der Waals surface area contributed by atoms with E-state index in [0.717, 1.165) is 0 Å². The lowest BCUT2D eigenvalue weighted by atomic mass is 9.99. The first-order valence-corrected chi connectivity index (χ1v) is 6.07. The second kappa shape index (κ2) is 4.19. The van der Waals surface area contributed by atoms with Crippen molar-refractivity contribution in [1.29, 1.82) is 0 Å². The van der Waals surface area contributed by atoms with Crippen LogP contribution in [0.4, 0.5) is 0 Å². The molecule has 0 aliphatic heterocycles. The van der Waals surface area contributed by atoms with Gasteiger partial charge in [0.2, 0.25) is 0 Å². The molecular formula is C17H15N. The predicted molar refractivity (Wildman–Crippen MR) is 78.4 cm³/mol. The number of hydrogen-bond donors (Lipinski definition) is 0. The number of fused-ring (bicyclic) bond motifs is 1. The molecule has 0 bridgehead atoms. The van der Waals surface area contributed by atoms with Gasteiger partial charge in [0, 0.05) is 29.7 Å². The molecule has 0 aliphatic rings. The van der Waals surface area contributed by atoms with Crippen molar-refractivity contribution >= 4 is 17.0 Å². The minimum absolute atomic E-state index is 1.17. The van der Waals surface area contributed by atoms with Gasteiger partial charge < -0.3 is 4.57 Å². The molecule has 18 heavy (non-hydrogen) atoms. The number of nitrogens with zero attached hydrogens (tertiary/aromatic N) is 1. The normalized spacial score (nSPS) is 10.7. The van der Waals surface area contributed by atoms with E-state index in [0.29, 0.717) is 0 Å². The van der Waals surface area contributed by atoms with Crippen LogP contribution in [0, 0.1) is 0 Å². The van der Waals surface area contributed by atoms with Crippen molar-refractivity contribution in [2.45, 2.75) is 0 Å². The van der Waals surface area contributed by atoms with E-state index in [1.54, 1.807) is 0 Å². The van der Waals surface area contributed by atoms with Crippen LogP contribution in [-0.4, -0.2) is 4.57 Å². The Hall–Kier alpha value is -2.28. The summed E-state index contributed by atoms with van der Waals surface area (Å²) in [5, 5.41) is 1.29. The Morgan fingerprint density at radius 3 is 2.50 bits per heavy atom. The smallest absolute Gasteiger partial charge is 0.0484 e. The van der Waals surface area contributed by atoms with E-state index in [4.69, 9.17) is 0 Å². The minimum atomic E-state index is 1.17. The van der Waals surface area contributed by atoms with Crippen LogP contribution in [-0.2, 0) is 7.05 Å². The molecule has 1 heteroatoms. The Balaban J connectivity index is 2.35. The molecule has 1 nitrogen and oxygen atoms in total. The van der Waals surface area contributed by atoms with Gasteiger partial charge in [0.25, 0.3) is 0 Å². The van der Waals surface area contributed by atoms with Crippen molar-refractivity contribution in [3.63, 3.8) is 0 Å². The first-order valence-electron chi connectivity index (χ1n) is 6.07. The lowest BCUT2D eigenvalue weighted by Crippen LogP contribution is -1.82. The maximum atomic E-state index is 3.90. The summed E-state index contributed by atoms with van der Waals surface area (Å²) in [7, 11) is 2.09. The van der Waals surface area contributed by atoms with Gasteiger partial charge in [-0.1, -0.05) is 55.1 Å². The molecule has 0 saturated carbocycles. The summed E-state index contributed by atoms with van der Waals surface area (Å²) in [5.41, 5.74) is 4.94. The number of para-hydroxylation sites is 1. The van der Waals surface area contributed by atoms with Gasteiger partial charge in [-0.25, -0.2) is 0 Å². The van der Waals surface area contributed by atoms with Crippen molar-refractivity contribution in [2.24, 2.45) is 7.05 Å². The largest absolute Gasteiger partial charge is 0.350 e. The third-order valence-electron chi connectivity index (χ3n) is 3.37. The summed E-state index contributed by atoms with van der Waals surface area (Å²) in [6, 6.07) is 16.9. The summed E-state index contributed by atoms with van der Waals surface area (Å²) in [4.78, 5) is 0. The van der Waals surface area contributed by atoms with Gasteiger partial charge in [-0.05, 0) is 17.2 Å². The summed E-state index contributed by atoms with van der Waals surface area (Å²) in [6.07, 6.45) is 4.10. The maximum Gasteiger partial charge on any atom is 0.0484 e. The number of aryl methyl sites for hydroxylation is 1. The van der Waals surface area contributed by atoms with Crippen molar-refractivity contribution in [3.8, 4) is 11.1 Å². The van der Waals surface area contributed by atoms with E-state index in [9.17, 15) is 0 Å². The van der Waals surface area contributed by atoms with Gasteiger partial charge in [0.1, 0.15) is 0 Å². The fraction of sp³-hybridized carbons (Fsp3) is 0.0588. The number of aromatic nitrogens is 1. The highest BCUT2D eigenvalue weighted by atomic mass is 14.9. The SMILES string of the molecule is C=Cc1ccccc1-c1cn(C)c2ccccc12. The van der Waals surface area contributed by atoms with Crippen molar-refractivity contribution in [3.05, 3.63) is 66.9 Å². The molecule has 0 spiro atoms. The average molecular weight is 233 g/mol. The minimum Gasteiger partial charge on any atom is -0.350 e. The Morgan fingerprint density at radius 1 is 0.944 bits per heavy atom. The van der Waals surface area contributed by atoms with Crippen molar-refractivity contribution < 1.29 is 0 Å². The first-order chi connectivity index (χ1) is 8.81. The molecule has 88 valence electrons. The molecule has 0 N–H and O–H groups in total. The molecule has 1 aromatic heterocycles. The fourth-order valence-electron chi connectivity index (χ4n) is 2.48. The van der Waals surface area contributed by atoms with E-state index in [-0.39, 0.29) is 0 Å². The molecule has 0 atom stereocenters. The monoisotopic (exact) mass is 233 g/mol. The number of rotatable bonds is 2. The van der Waals surface area contributed by atoms with E-state index in [2.05, 4.69) is 66.9 Å². The number of hydrogen-bond acceptors (Lipinski definition) is 0. The fourth-order valence-corrected chi connectivity index (χ4v) is 2.48. The van der Waals surface area contributed by atoms with Crippen LogP contribution >= 0.6 is 0 Å². The topological polar surface area (TPSA) is 4.93 Å². The average Bonchev–Trinajstić information content (AvgIpc) is 2.77. The molecule has 3 aromatic rings. The molecule has 0 radical (unpaired) electrons. The molecule has 2 aromatic carbocycles. The van der Waals surface area contributed by atoms with E-state index in [1.165, 1.54) is 27.6 Å². The van der Waals surface area contributed by atoms with Crippen LogP contribution in [0.1, 0.15) is 5.56 Å². The molecule has 0 aliphatic carbocycles. The van der Waals surface area contributed by atoms with Gasteiger partial charge in [-0.3, -0.25) is 0 Å². The van der Waals surface area contributed by atoms with Crippen LogP contribution in [0.5, 0.6) is 0 Å². The molecule has 0 fully saturated rings. The van der Waals surface area contributed by atoms with Crippen molar-refractivity contribution in [2.75, 3.05) is 0 Å². The number of benzene rings is 2. The highest BCUT2D eigenvalue weighted by Crippen LogP contribution is 2.32. The Bertz CT molecular complexity index is 719. The van der Waals surface area contributed by atoms with Crippen molar-refractivity contribution in [1.82, 2.24) is 4.57 Å². The van der Waals surface area contributed by atoms with E-state index >= 15 is 0 Å². The zero-order valence-corrected chi connectivity index (χ0v) is 10.4. The van der Waals surface area contributed by atoms with Gasteiger partial charge >= 0.3 is 0 Å². The highest BCUT2D eigenvalue weighted by Gasteiger charge is 2.09. The maximum absolute atomic E-state index is 3.90. The second-order valence-electron chi connectivity index (χ2n) is 4.46. The lowest BCUT2D eigenvalue weighted by molar-refractivity contribution is 0.970. The van der Waals surface area contributed by atoms with Crippen LogP contribution in [0.15, 0.2) is 61.3 Å². The van der Waals surface area contributed by atoms with E-state index < -0.39 is 0 Å². The molecular weight excluding hydrogens is 218 g/mol. The van der Waals surface area contributed by atoms with Gasteiger partial charge in [-0.15, -0.1) is 0 Å². The third-order valence-corrected chi connectivity index (χ3v) is 3.37. The second-order valence-corrected chi connectivity index (χ2v) is 4.46. The molecule has 3 rings (SSSR count). The van der Waals surface area contributed by atoms with Gasteiger partial charge in [0.05, 0.1) is 0 Å². The summed E-state index contributed by atoms with van der Waals surface area (Å²) >= 11 is 0. The zero-order valence-electron chi connectivity index (χ0n) is 10.4. The van der Waals surface area contributed by atoms with Crippen LogP contribution in [0.3, 0.4) is 0 Å². The van der Waals surface area contributed by atoms with Crippen LogP contribution in [0.2, 0.25) is 0 Å². The van der Waals surface area contributed by atoms with E-state index in [1.807, 2.05) is 12.1 Å². The predicted octanol–water partition coefficient (Wildman–Crippen LogP) is 4.49. The van der Waals surface area contributed by atoms with Crippen LogP contribution < -0.4 is 0 Å². The van der Waals surface area contributed by atoms with Gasteiger partial charge in [-0.2, -0.15) is 0 Å². The first kappa shape index (κ1) is 10.8. The Kier molecular flexibility index (Phi) is 2.52. The molecule has 1 heterocycles.